The number of hydrogen-bond acceptors (Lipinski definition) is 16. The van der Waals surface area contributed by atoms with Crippen molar-refractivity contribution in [1.29, 1.82) is 0 Å². The maximum absolute atomic E-state index is 14.1. The van der Waals surface area contributed by atoms with Crippen LogP contribution in [0.1, 0.15) is 123 Å². The first-order valence-corrected chi connectivity index (χ1v) is 46.1. The van der Waals surface area contributed by atoms with E-state index in [0.29, 0.717) is 76.1 Å². The first-order valence-electron chi connectivity index (χ1n) is 40.2. The number of sulfonamides is 4. The quantitative estimate of drug-likeness (QED) is 0.0515. The fourth-order valence-corrected chi connectivity index (χ4v) is 17.6. The normalized spacial score (nSPS) is 12.4. The van der Waals surface area contributed by atoms with Crippen LogP contribution in [0.5, 0.6) is 5.75 Å². The second-order valence-electron chi connectivity index (χ2n) is 33.7. The molecule has 7 aromatic heterocycles. The minimum absolute atomic E-state index is 0.0210. The summed E-state index contributed by atoms with van der Waals surface area (Å²) in [4.78, 5) is 13.2. The molecule has 7 heterocycles. The highest BCUT2D eigenvalue weighted by atomic mass is 32.2. The fraction of sp³-hybridized carbons (Fsp3) is 0.223. The highest BCUT2D eigenvalue weighted by molar-refractivity contribution is 7.93. The van der Waals surface area contributed by atoms with Crippen LogP contribution in [0, 0.1) is 19.8 Å². The molecule has 0 amide bonds. The summed E-state index contributed by atoms with van der Waals surface area (Å²) in [7, 11) is -15.8. The Kier molecular flexibility index (Phi) is 25.9. The Morgan fingerprint density at radius 3 is 1.04 bits per heavy atom. The number of pyridine rings is 3. The molecule has 0 saturated heterocycles. The van der Waals surface area contributed by atoms with Crippen molar-refractivity contribution in [3.63, 3.8) is 0 Å². The smallest absolute Gasteiger partial charge is 0.435 e. The number of alkyl halides is 5. The second kappa shape index (κ2) is 36.0. The van der Waals surface area contributed by atoms with Gasteiger partial charge in [-0.1, -0.05) is 161 Å². The van der Waals surface area contributed by atoms with Gasteiger partial charge in [0.15, 0.2) is 5.69 Å². The lowest BCUT2D eigenvalue weighted by molar-refractivity contribution is -0.141. The van der Waals surface area contributed by atoms with Crippen molar-refractivity contribution in [1.82, 2.24) is 54.1 Å². The van der Waals surface area contributed by atoms with Gasteiger partial charge in [-0.3, -0.25) is 33.8 Å². The molecule has 24 nitrogen and oxygen atoms in total. The summed E-state index contributed by atoms with van der Waals surface area (Å²) in [5.41, 5.74) is 6.46. The van der Waals surface area contributed by atoms with Crippen LogP contribution in [-0.2, 0) is 68.4 Å². The van der Waals surface area contributed by atoms with E-state index >= 15 is 0 Å². The second-order valence-corrected chi connectivity index (χ2v) is 40.4. The predicted octanol–water partition coefficient (Wildman–Crippen LogP) is 21.2. The SMILES string of the molecule is CC(C)(C)c1ccc(S(=O)(=O)Nc2cc(C(C)(F)F)nn2-c2cccc3ncccc23)cc1.CC(C)(C)c1ccc(S(=O)(=O)Nc2cc(C(F)(F)F)nn2-c2cccc3ncccc23)cc1.Cc1cc(NS(=O)(=O)c2ccc(C(C)(C)C)cc2)n(-c2ccc3ccccc3c2)n1.Cc1cc(NS(=O)(=O)c2ccc(OCC(C)C)cc2)n(-c2cccc3ncccc23)n1. The van der Waals surface area contributed by atoms with Crippen LogP contribution >= 0.6 is 0 Å². The summed E-state index contributed by atoms with van der Waals surface area (Å²) in [5, 5.41) is 20.9. The topological polar surface area (TPSA) is 304 Å². The average molecular weight is 1800 g/mol. The maximum Gasteiger partial charge on any atom is 0.435 e. The molecule has 0 aliphatic rings. The van der Waals surface area contributed by atoms with Gasteiger partial charge in [0.1, 0.15) is 34.7 Å². The van der Waals surface area contributed by atoms with E-state index in [4.69, 9.17) is 4.74 Å². The van der Waals surface area contributed by atoms with Crippen molar-refractivity contribution >= 4 is 107 Å². The Morgan fingerprint density at radius 2 is 0.677 bits per heavy atom. The largest absolute Gasteiger partial charge is 0.493 e. The number of halogens is 5. The Bertz CT molecular complexity index is 6950. The molecule has 16 rings (SSSR count). The van der Waals surface area contributed by atoms with Gasteiger partial charge in [-0.2, -0.15) is 42.3 Å². The lowest BCUT2D eigenvalue weighted by atomic mass is 9.87. The number of benzene rings is 9. The van der Waals surface area contributed by atoms with Crippen LogP contribution in [-0.4, -0.2) is 94.4 Å². The Balaban J connectivity index is 0.000000145. The van der Waals surface area contributed by atoms with Gasteiger partial charge in [0.2, 0.25) is 0 Å². The third-order valence-electron chi connectivity index (χ3n) is 20.1. The number of aryl methyl sites for hydroxylation is 2. The summed E-state index contributed by atoms with van der Waals surface area (Å²) in [6.07, 6.45) is 0.133. The third-order valence-corrected chi connectivity index (χ3v) is 25.6. The molecule has 0 spiro atoms. The predicted molar refractivity (Wildman–Crippen MR) is 487 cm³/mol. The molecule has 33 heteroatoms. The first-order chi connectivity index (χ1) is 59.7. The van der Waals surface area contributed by atoms with E-state index in [2.05, 4.69) is 88.9 Å². The van der Waals surface area contributed by atoms with Crippen molar-refractivity contribution in [2.24, 2.45) is 5.92 Å². The fourth-order valence-electron chi connectivity index (χ4n) is 13.4. The van der Waals surface area contributed by atoms with Crippen molar-refractivity contribution in [3.05, 3.63) is 313 Å². The molecule has 0 fully saturated rings. The van der Waals surface area contributed by atoms with Crippen LogP contribution in [0.3, 0.4) is 0 Å². The van der Waals surface area contributed by atoms with Crippen molar-refractivity contribution in [2.45, 2.75) is 145 Å². The minimum atomic E-state index is -4.76. The van der Waals surface area contributed by atoms with Crippen LogP contribution in [0.2, 0.25) is 0 Å². The number of anilines is 4. The van der Waals surface area contributed by atoms with Crippen molar-refractivity contribution in [3.8, 4) is 28.5 Å². The molecule has 0 radical (unpaired) electrons. The molecule has 0 atom stereocenters. The van der Waals surface area contributed by atoms with Crippen LogP contribution in [0.25, 0.3) is 66.2 Å². The molecule has 4 N–H and O–H groups in total. The van der Waals surface area contributed by atoms with E-state index in [-0.39, 0.29) is 53.2 Å². The van der Waals surface area contributed by atoms with Crippen LogP contribution < -0.4 is 23.6 Å². The highest BCUT2D eigenvalue weighted by Crippen LogP contribution is 2.38. The van der Waals surface area contributed by atoms with E-state index in [9.17, 15) is 55.6 Å². The number of hydrogen-bond donors (Lipinski definition) is 4. The zero-order valence-electron chi connectivity index (χ0n) is 71.9. The van der Waals surface area contributed by atoms with E-state index in [1.165, 1.54) is 41.1 Å². The molecular formula is C94H94F5N15O9S4. The Morgan fingerprint density at radius 1 is 0.346 bits per heavy atom. The van der Waals surface area contributed by atoms with Gasteiger partial charge in [-0.15, -0.1) is 0 Å². The number of fused-ring (bicyclic) bond motifs is 4. The summed E-state index contributed by atoms with van der Waals surface area (Å²) >= 11 is 0. The summed E-state index contributed by atoms with van der Waals surface area (Å²) in [6.45, 7) is 27.4. The standard InChI is InChI=1S/C24H24F2N4O2S.C24H25N3O2S.C23H21F3N4O2S.C23H24N4O3S/c1-23(2,3)16-10-12-17(13-11-16)33(31,32)29-22-15-21(24(4,25)26)28-30(22)20-9-5-8-19-18(20)7-6-14-27-19;1-17-15-23(26-30(28,29)22-13-10-20(11-14-22)24(2,3)4)27(25-17)21-12-9-18-7-5-6-8-19(18)16-21;1-22(2,3)15-9-11-16(12-10-15)33(31,32)29-21-14-20(23(24,25)26)28-30(21)19-8-4-7-18-17(19)6-5-13-27-18;1-16(2)15-30-18-9-11-19(12-10-18)31(28,29)26-23-14-17(3)25-27(23)22-8-4-7-21-20(22)6-5-13-24-21/h5-15,29H,1-4H3;5-16,26H,1-4H3;4-14,29H,1-3H3;4-14,16,26H,15H2,1-3H3. The molecule has 658 valence electrons. The van der Waals surface area contributed by atoms with Gasteiger partial charge in [-0.05, 0) is 209 Å². The van der Waals surface area contributed by atoms with Crippen molar-refractivity contribution in [2.75, 3.05) is 25.5 Å². The number of nitrogens with one attached hydrogen (secondary N) is 4. The van der Waals surface area contributed by atoms with Gasteiger partial charge in [-0.25, -0.2) is 52.4 Å². The molecule has 0 saturated carbocycles. The van der Waals surface area contributed by atoms with Gasteiger partial charge in [0, 0.05) is 65.9 Å². The van der Waals surface area contributed by atoms with E-state index in [1.54, 1.807) is 149 Å². The zero-order chi connectivity index (χ0) is 91.6. The van der Waals surface area contributed by atoms with Crippen LogP contribution in [0.4, 0.5) is 45.2 Å². The first kappa shape index (κ1) is 91.5. The molecule has 127 heavy (non-hydrogen) atoms. The summed E-state index contributed by atoms with van der Waals surface area (Å²) in [6, 6.07) is 71.5. The Hall–Kier alpha value is -13.2. The molecule has 16 aromatic rings. The molecule has 9 aromatic carbocycles. The zero-order valence-corrected chi connectivity index (χ0v) is 75.1. The number of rotatable bonds is 20. The average Bonchev–Trinajstić information content (AvgIpc) is 1.63. The molecular weight excluding hydrogens is 1710 g/mol. The van der Waals surface area contributed by atoms with Gasteiger partial charge < -0.3 is 4.74 Å². The number of aromatic nitrogens is 11. The van der Waals surface area contributed by atoms with E-state index in [0.717, 1.165) is 66.2 Å². The van der Waals surface area contributed by atoms with E-state index < -0.39 is 63.6 Å². The third kappa shape index (κ3) is 21.7. The molecule has 0 unspecified atom stereocenters. The summed E-state index contributed by atoms with van der Waals surface area (Å²) in [5.74, 6) is -1.91. The highest BCUT2D eigenvalue weighted by Gasteiger charge is 2.37. The van der Waals surface area contributed by atoms with Gasteiger partial charge in [0.25, 0.3) is 46.0 Å². The molecule has 0 aliphatic heterocycles. The lowest BCUT2D eigenvalue weighted by Gasteiger charge is -2.19. The van der Waals surface area contributed by atoms with Crippen LogP contribution in [0.15, 0.2) is 293 Å². The van der Waals surface area contributed by atoms with Gasteiger partial charge >= 0.3 is 6.18 Å². The minimum Gasteiger partial charge on any atom is -0.493 e. The molecule has 0 aliphatic carbocycles. The maximum atomic E-state index is 14.1. The lowest BCUT2D eigenvalue weighted by Crippen LogP contribution is -2.17. The monoisotopic (exact) mass is 1800 g/mol. The Labute approximate surface area is 734 Å². The molecule has 0 bridgehead atoms. The van der Waals surface area contributed by atoms with E-state index in [1.807, 2.05) is 140 Å². The number of nitrogens with zero attached hydrogens (tertiary/aromatic N) is 11. The summed E-state index contributed by atoms with van der Waals surface area (Å²) < 4.78 is 194. The van der Waals surface area contributed by atoms with Crippen molar-refractivity contribution < 1.29 is 60.4 Å². The van der Waals surface area contributed by atoms with Gasteiger partial charge in [0.05, 0.1) is 76.9 Å². The number of ether oxygens (including phenoxy) is 1.